The second-order valence-corrected chi connectivity index (χ2v) is 5.02. The van der Waals surface area contributed by atoms with Crippen LogP contribution in [0.5, 0.6) is 0 Å². The van der Waals surface area contributed by atoms with E-state index in [-0.39, 0.29) is 0 Å². The molecule has 1 N–H and O–H groups in total. The average Bonchev–Trinajstić information content (AvgIpc) is 2.24. The van der Waals surface area contributed by atoms with Crippen molar-refractivity contribution in [2.75, 3.05) is 0 Å². The van der Waals surface area contributed by atoms with Crippen LogP contribution in [0.3, 0.4) is 0 Å². The molecule has 1 rings (SSSR count). The normalized spacial score (nSPS) is 29.5. The Balaban J connectivity index is 3.06. The molecule has 1 aliphatic carbocycles. The van der Waals surface area contributed by atoms with E-state index in [1.165, 1.54) is 11.1 Å². The van der Waals surface area contributed by atoms with Gasteiger partial charge in [0.1, 0.15) is 0 Å². The van der Waals surface area contributed by atoms with Crippen molar-refractivity contribution >= 4 is 0 Å². The molecule has 1 aliphatic rings. The molecule has 1 unspecified atom stereocenters. The van der Waals surface area contributed by atoms with Crippen LogP contribution in [0.2, 0.25) is 0 Å². The molecule has 0 aliphatic heterocycles. The first kappa shape index (κ1) is 10.8. The molecule has 0 aromatic heterocycles. The summed E-state index contributed by atoms with van der Waals surface area (Å²) in [4.78, 5) is 0. The van der Waals surface area contributed by atoms with Crippen LogP contribution in [-0.4, -0.2) is 10.7 Å². The lowest BCUT2D eigenvalue weighted by molar-refractivity contribution is 0.0913. The maximum absolute atomic E-state index is 10.2. The molecule has 0 saturated carbocycles. The summed E-state index contributed by atoms with van der Waals surface area (Å²) in [6, 6.07) is 0. The van der Waals surface area contributed by atoms with Gasteiger partial charge in [-0.15, -0.1) is 0 Å². The van der Waals surface area contributed by atoms with Crippen LogP contribution in [0.25, 0.3) is 0 Å². The predicted molar refractivity (Wildman–Crippen MR) is 56.6 cm³/mol. The molecule has 1 nitrogen and oxygen atoms in total. The van der Waals surface area contributed by atoms with Gasteiger partial charge in [-0.05, 0) is 37.2 Å². The topological polar surface area (TPSA) is 20.2 Å². The molecule has 0 spiro atoms. The van der Waals surface area contributed by atoms with Gasteiger partial charge in [0.15, 0.2) is 0 Å². The molecule has 0 saturated heterocycles. The minimum Gasteiger partial charge on any atom is -0.386 e. The van der Waals surface area contributed by atoms with Crippen molar-refractivity contribution in [2.45, 2.75) is 53.1 Å². The van der Waals surface area contributed by atoms with Gasteiger partial charge < -0.3 is 5.11 Å². The van der Waals surface area contributed by atoms with E-state index in [4.69, 9.17) is 0 Å². The Labute approximate surface area is 81.9 Å². The third-order valence-corrected chi connectivity index (χ3v) is 3.08. The average molecular weight is 182 g/mol. The summed E-state index contributed by atoms with van der Waals surface area (Å²) in [6.07, 6.45) is 1.99. The van der Waals surface area contributed by atoms with Crippen molar-refractivity contribution in [3.8, 4) is 0 Å². The van der Waals surface area contributed by atoms with E-state index >= 15 is 0 Å². The maximum Gasteiger partial charge on any atom is 0.0837 e. The lowest BCUT2D eigenvalue weighted by atomic mass is 9.86. The Morgan fingerprint density at radius 2 is 1.69 bits per heavy atom. The fourth-order valence-electron chi connectivity index (χ4n) is 2.59. The predicted octanol–water partition coefficient (Wildman–Crippen LogP) is 3.14. The summed E-state index contributed by atoms with van der Waals surface area (Å²) in [7, 11) is 0. The summed E-state index contributed by atoms with van der Waals surface area (Å²) in [5.74, 6) is 1.07. The van der Waals surface area contributed by atoms with E-state index in [1.807, 2.05) is 6.92 Å². The molecule has 0 radical (unpaired) electrons. The number of rotatable bonds is 2. The molecule has 76 valence electrons. The molecular weight excluding hydrogens is 160 g/mol. The molecule has 0 aromatic carbocycles. The zero-order chi connectivity index (χ0) is 10.2. The first-order valence-corrected chi connectivity index (χ1v) is 5.32. The second kappa shape index (κ2) is 3.45. The quantitative estimate of drug-likeness (QED) is 0.650. The lowest BCUT2D eigenvalue weighted by Gasteiger charge is -2.25. The first-order chi connectivity index (χ1) is 5.86. The van der Waals surface area contributed by atoms with Crippen molar-refractivity contribution in [1.29, 1.82) is 0 Å². The minimum absolute atomic E-state index is 0.481. The van der Waals surface area contributed by atoms with Crippen molar-refractivity contribution in [2.24, 2.45) is 11.8 Å². The van der Waals surface area contributed by atoms with Crippen LogP contribution in [0, 0.1) is 11.8 Å². The van der Waals surface area contributed by atoms with Gasteiger partial charge in [0.25, 0.3) is 0 Å². The van der Waals surface area contributed by atoms with E-state index in [2.05, 4.69) is 27.7 Å². The van der Waals surface area contributed by atoms with Crippen LogP contribution in [0.1, 0.15) is 47.5 Å². The van der Waals surface area contributed by atoms with Crippen molar-refractivity contribution in [1.82, 2.24) is 0 Å². The van der Waals surface area contributed by atoms with Gasteiger partial charge in [-0.2, -0.15) is 0 Å². The highest BCUT2D eigenvalue weighted by molar-refractivity contribution is 5.31. The van der Waals surface area contributed by atoms with E-state index in [0.29, 0.717) is 11.8 Å². The Morgan fingerprint density at radius 1 is 1.15 bits per heavy atom. The minimum atomic E-state index is -0.534. The highest BCUT2D eigenvalue weighted by atomic mass is 16.3. The smallest absolute Gasteiger partial charge is 0.0837 e. The first-order valence-electron chi connectivity index (χ1n) is 5.32. The van der Waals surface area contributed by atoms with E-state index in [9.17, 15) is 5.11 Å². The molecule has 1 atom stereocenters. The molecule has 0 amide bonds. The Morgan fingerprint density at radius 3 is 2.00 bits per heavy atom. The lowest BCUT2D eigenvalue weighted by Crippen LogP contribution is -2.26. The third kappa shape index (κ3) is 1.96. The van der Waals surface area contributed by atoms with Crippen LogP contribution in [-0.2, 0) is 0 Å². The largest absolute Gasteiger partial charge is 0.386 e. The maximum atomic E-state index is 10.2. The standard InChI is InChI=1S/C12H22O/c1-8(2)10-6-7-12(5,13)11(10)9(3)4/h8-9,13H,6-7H2,1-5H3. The molecular formula is C12H22O. The Bertz CT molecular complexity index is 221. The molecule has 0 aromatic rings. The van der Waals surface area contributed by atoms with Gasteiger partial charge in [0.2, 0.25) is 0 Å². The summed E-state index contributed by atoms with van der Waals surface area (Å²) >= 11 is 0. The summed E-state index contributed by atoms with van der Waals surface area (Å²) < 4.78 is 0. The fourth-order valence-corrected chi connectivity index (χ4v) is 2.59. The number of aliphatic hydroxyl groups is 1. The van der Waals surface area contributed by atoms with Gasteiger partial charge in [0.05, 0.1) is 5.60 Å². The van der Waals surface area contributed by atoms with Gasteiger partial charge >= 0.3 is 0 Å². The Kier molecular flexibility index (Phi) is 2.86. The van der Waals surface area contributed by atoms with Crippen LogP contribution >= 0.6 is 0 Å². The molecule has 1 heteroatoms. The summed E-state index contributed by atoms with van der Waals surface area (Å²) in [5, 5.41) is 10.2. The fraction of sp³-hybridized carbons (Fsp3) is 0.833. The highest BCUT2D eigenvalue weighted by Gasteiger charge is 2.36. The van der Waals surface area contributed by atoms with Crippen molar-refractivity contribution in [3.05, 3.63) is 11.1 Å². The number of hydrogen-bond acceptors (Lipinski definition) is 1. The van der Waals surface area contributed by atoms with Gasteiger partial charge in [0, 0.05) is 0 Å². The molecule has 0 bridgehead atoms. The summed E-state index contributed by atoms with van der Waals surface area (Å²) in [5.41, 5.74) is 2.25. The van der Waals surface area contributed by atoms with Gasteiger partial charge in [-0.25, -0.2) is 0 Å². The zero-order valence-corrected chi connectivity index (χ0v) is 9.52. The van der Waals surface area contributed by atoms with Crippen LogP contribution in [0.15, 0.2) is 11.1 Å². The Hall–Kier alpha value is -0.300. The highest BCUT2D eigenvalue weighted by Crippen LogP contribution is 2.42. The molecule has 0 fully saturated rings. The van der Waals surface area contributed by atoms with Crippen molar-refractivity contribution < 1.29 is 5.11 Å². The van der Waals surface area contributed by atoms with Crippen molar-refractivity contribution in [3.63, 3.8) is 0 Å². The number of allylic oxidation sites excluding steroid dienone is 1. The second-order valence-electron chi connectivity index (χ2n) is 5.02. The van der Waals surface area contributed by atoms with E-state index < -0.39 is 5.60 Å². The number of hydrogen-bond donors (Lipinski definition) is 1. The monoisotopic (exact) mass is 182 g/mol. The van der Waals surface area contributed by atoms with Gasteiger partial charge in [-0.3, -0.25) is 0 Å². The van der Waals surface area contributed by atoms with E-state index in [0.717, 1.165) is 12.8 Å². The molecule has 0 heterocycles. The zero-order valence-electron chi connectivity index (χ0n) is 9.52. The van der Waals surface area contributed by atoms with Crippen LogP contribution < -0.4 is 0 Å². The van der Waals surface area contributed by atoms with E-state index in [1.54, 1.807) is 0 Å². The van der Waals surface area contributed by atoms with Crippen LogP contribution in [0.4, 0.5) is 0 Å². The molecule has 13 heavy (non-hydrogen) atoms. The third-order valence-electron chi connectivity index (χ3n) is 3.08. The summed E-state index contributed by atoms with van der Waals surface area (Å²) in [6.45, 7) is 10.8. The van der Waals surface area contributed by atoms with Gasteiger partial charge in [-0.1, -0.05) is 33.3 Å². The SMILES string of the molecule is CC(C)C1=C(C(C)C)C(C)(O)CC1.